The maximum absolute atomic E-state index is 14.0. The molecule has 2 aromatic carbocycles. The number of carbonyl (C=O) groups is 1. The van der Waals surface area contributed by atoms with Crippen LogP contribution in [0.1, 0.15) is 18.0 Å². The molecule has 0 saturated carbocycles. The van der Waals surface area contributed by atoms with Gasteiger partial charge in [0.15, 0.2) is 0 Å². The van der Waals surface area contributed by atoms with Crippen molar-refractivity contribution in [1.82, 2.24) is 0 Å². The minimum Gasteiger partial charge on any atom is -0.383 e. The van der Waals surface area contributed by atoms with Crippen molar-refractivity contribution in [1.29, 1.82) is 0 Å². The Morgan fingerprint density at radius 2 is 1.82 bits per heavy atom. The van der Waals surface area contributed by atoms with E-state index < -0.39 is 29.7 Å². The van der Waals surface area contributed by atoms with E-state index in [2.05, 4.69) is 0 Å². The number of rotatable bonds is 2. The molecule has 0 spiro atoms. The Bertz CT molecular complexity index is 721. The van der Waals surface area contributed by atoms with Crippen LogP contribution in [-0.2, 0) is 4.79 Å². The van der Waals surface area contributed by atoms with Crippen LogP contribution in [0.25, 0.3) is 0 Å². The van der Waals surface area contributed by atoms with Gasteiger partial charge < -0.3 is 10.0 Å². The summed E-state index contributed by atoms with van der Waals surface area (Å²) in [5.74, 6) is -1.95. The van der Waals surface area contributed by atoms with Crippen LogP contribution in [0.5, 0.6) is 0 Å². The van der Waals surface area contributed by atoms with E-state index in [1.54, 1.807) is 24.3 Å². The van der Waals surface area contributed by atoms with Crippen LogP contribution in [0.3, 0.4) is 0 Å². The van der Waals surface area contributed by atoms with Gasteiger partial charge in [0.25, 0.3) is 5.91 Å². The second-order valence-electron chi connectivity index (χ2n) is 5.12. The van der Waals surface area contributed by atoms with Gasteiger partial charge in [-0.1, -0.05) is 17.7 Å². The molecule has 3 nitrogen and oxygen atoms in total. The maximum atomic E-state index is 14.0. The molecule has 0 radical (unpaired) electrons. The number of halogens is 3. The maximum Gasteiger partial charge on any atom is 0.256 e. The largest absolute Gasteiger partial charge is 0.383 e. The Hall–Kier alpha value is -1.98. The summed E-state index contributed by atoms with van der Waals surface area (Å²) in [5, 5.41) is 10.3. The highest BCUT2D eigenvalue weighted by atomic mass is 35.5. The molecule has 6 heteroatoms. The lowest BCUT2D eigenvalue weighted by Gasteiger charge is -2.25. The van der Waals surface area contributed by atoms with E-state index in [9.17, 15) is 18.7 Å². The van der Waals surface area contributed by atoms with Crippen molar-refractivity contribution in [2.24, 2.45) is 0 Å². The minimum absolute atomic E-state index is 0.0456. The molecule has 0 aromatic heterocycles. The number of aliphatic hydroxyl groups excluding tert-OH is 1. The molecular weight excluding hydrogens is 312 g/mol. The third kappa shape index (κ3) is 2.58. The molecule has 0 aliphatic carbocycles. The highest BCUT2D eigenvalue weighted by Crippen LogP contribution is 2.38. The summed E-state index contributed by atoms with van der Waals surface area (Å²) in [5.41, 5.74) is 0.668. The number of hydrogen-bond acceptors (Lipinski definition) is 2. The minimum atomic E-state index is -1.22. The van der Waals surface area contributed by atoms with Crippen LogP contribution in [-0.4, -0.2) is 17.1 Å². The molecule has 3 rings (SSSR count). The number of carbonyl (C=O) groups excluding carboxylic acids is 1. The van der Waals surface area contributed by atoms with Crippen molar-refractivity contribution < 1.29 is 18.7 Å². The fourth-order valence-electron chi connectivity index (χ4n) is 2.68. The lowest BCUT2D eigenvalue weighted by Crippen LogP contribution is -2.31. The zero-order chi connectivity index (χ0) is 15.9. The predicted molar refractivity (Wildman–Crippen MR) is 78.7 cm³/mol. The highest BCUT2D eigenvalue weighted by Gasteiger charge is 2.41. The second kappa shape index (κ2) is 5.66. The summed E-state index contributed by atoms with van der Waals surface area (Å²) in [7, 11) is 0. The molecule has 1 heterocycles. The zero-order valence-electron chi connectivity index (χ0n) is 11.3. The Kier molecular flexibility index (Phi) is 3.85. The summed E-state index contributed by atoms with van der Waals surface area (Å²) in [6.07, 6.45) is -1.17. The summed E-state index contributed by atoms with van der Waals surface area (Å²) < 4.78 is 27.1. The summed E-state index contributed by atoms with van der Waals surface area (Å²) >= 11 is 5.82. The molecule has 1 aliphatic heterocycles. The van der Waals surface area contributed by atoms with Gasteiger partial charge in [0.2, 0.25) is 0 Å². The normalized spacial score (nSPS) is 21.5. The van der Waals surface area contributed by atoms with Crippen molar-refractivity contribution >= 4 is 23.2 Å². The van der Waals surface area contributed by atoms with Crippen LogP contribution in [0.15, 0.2) is 42.5 Å². The number of aliphatic hydroxyl groups is 1. The molecular formula is C16H12ClF2NO2. The summed E-state index contributed by atoms with van der Waals surface area (Å²) in [6, 6.07) is 8.95. The van der Waals surface area contributed by atoms with Gasteiger partial charge in [-0.3, -0.25) is 4.79 Å². The number of amides is 1. The quantitative estimate of drug-likeness (QED) is 0.919. The van der Waals surface area contributed by atoms with E-state index >= 15 is 0 Å². The summed E-state index contributed by atoms with van der Waals surface area (Å²) in [4.78, 5) is 13.5. The lowest BCUT2D eigenvalue weighted by molar-refractivity contribution is -0.124. The Morgan fingerprint density at radius 3 is 2.45 bits per heavy atom. The molecule has 1 aliphatic rings. The van der Waals surface area contributed by atoms with Crippen LogP contribution in [0, 0.1) is 11.6 Å². The molecule has 1 N–H and O–H groups in total. The fraction of sp³-hybridized carbons (Fsp3) is 0.188. The summed E-state index contributed by atoms with van der Waals surface area (Å²) in [6.45, 7) is 0. The van der Waals surface area contributed by atoms with Gasteiger partial charge in [-0.2, -0.15) is 0 Å². The number of anilines is 1. The van der Waals surface area contributed by atoms with Gasteiger partial charge in [0.1, 0.15) is 17.7 Å². The first kappa shape index (κ1) is 14.9. The Labute approximate surface area is 130 Å². The van der Waals surface area contributed by atoms with E-state index in [-0.39, 0.29) is 12.0 Å². The van der Waals surface area contributed by atoms with Crippen LogP contribution in [0.4, 0.5) is 14.5 Å². The highest BCUT2D eigenvalue weighted by molar-refractivity contribution is 6.30. The average molecular weight is 324 g/mol. The van der Waals surface area contributed by atoms with Crippen LogP contribution < -0.4 is 4.90 Å². The standard InChI is InChI=1S/C16H12ClF2NO2/c17-9-1-4-11(5-2-9)20-14(8-15(21)16(20)22)12-6-3-10(18)7-13(12)19/h1-7,14-15,21H,8H2. The molecule has 2 atom stereocenters. The van der Waals surface area contributed by atoms with Crippen molar-refractivity contribution in [2.45, 2.75) is 18.6 Å². The first-order chi connectivity index (χ1) is 10.5. The SMILES string of the molecule is O=C1C(O)CC(c2ccc(F)cc2F)N1c1ccc(Cl)cc1. The van der Waals surface area contributed by atoms with E-state index in [4.69, 9.17) is 11.6 Å². The Balaban J connectivity index is 2.05. The van der Waals surface area contributed by atoms with Gasteiger partial charge >= 0.3 is 0 Å². The van der Waals surface area contributed by atoms with Crippen molar-refractivity contribution in [3.63, 3.8) is 0 Å². The molecule has 2 unspecified atom stereocenters. The smallest absolute Gasteiger partial charge is 0.256 e. The number of nitrogens with zero attached hydrogens (tertiary/aromatic N) is 1. The third-order valence-corrected chi connectivity index (χ3v) is 3.96. The van der Waals surface area contributed by atoms with E-state index in [0.717, 1.165) is 12.1 Å². The third-order valence-electron chi connectivity index (χ3n) is 3.71. The Morgan fingerprint density at radius 1 is 1.14 bits per heavy atom. The molecule has 2 aromatic rings. The predicted octanol–water partition coefficient (Wildman–Crippen LogP) is 3.46. The van der Waals surface area contributed by atoms with Crippen LogP contribution >= 0.6 is 11.6 Å². The first-order valence-electron chi connectivity index (χ1n) is 6.69. The zero-order valence-corrected chi connectivity index (χ0v) is 12.1. The van der Waals surface area contributed by atoms with Gasteiger partial charge in [-0.15, -0.1) is 0 Å². The van der Waals surface area contributed by atoms with Crippen molar-refractivity contribution in [3.05, 3.63) is 64.7 Å². The molecule has 1 fully saturated rings. The van der Waals surface area contributed by atoms with E-state index in [0.29, 0.717) is 10.7 Å². The molecule has 114 valence electrons. The first-order valence-corrected chi connectivity index (χ1v) is 7.07. The lowest BCUT2D eigenvalue weighted by atomic mass is 10.0. The van der Waals surface area contributed by atoms with Gasteiger partial charge in [0.05, 0.1) is 6.04 Å². The van der Waals surface area contributed by atoms with E-state index in [1.807, 2.05) is 0 Å². The number of benzene rings is 2. The van der Waals surface area contributed by atoms with Crippen molar-refractivity contribution in [3.8, 4) is 0 Å². The van der Waals surface area contributed by atoms with Gasteiger partial charge in [-0.25, -0.2) is 8.78 Å². The molecule has 0 bridgehead atoms. The van der Waals surface area contributed by atoms with Gasteiger partial charge in [-0.05, 0) is 30.3 Å². The molecule has 1 amide bonds. The molecule has 1 saturated heterocycles. The van der Waals surface area contributed by atoms with E-state index in [1.165, 1.54) is 11.0 Å². The van der Waals surface area contributed by atoms with Gasteiger partial charge in [0, 0.05) is 28.8 Å². The van der Waals surface area contributed by atoms with Crippen LogP contribution in [0.2, 0.25) is 5.02 Å². The monoisotopic (exact) mass is 323 g/mol. The fourth-order valence-corrected chi connectivity index (χ4v) is 2.80. The second-order valence-corrected chi connectivity index (χ2v) is 5.55. The average Bonchev–Trinajstić information content (AvgIpc) is 2.76. The van der Waals surface area contributed by atoms with Crippen molar-refractivity contribution in [2.75, 3.05) is 4.90 Å². The number of hydrogen-bond donors (Lipinski definition) is 1. The molecule has 22 heavy (non-hydrogen) atoms. The topological polar surface area (TPSA) is 40.5 Å².